The first kappa shape index (κ1) is 10.7. The van der Waals surface area contributed by atoms with Crippen molar-refractivity contribution in [3.05, 3.63) is 12.7 Å². The van der Waals surface area contributed by atoms with Crippen LogP contribution in [-0.2, 0) is 0 Å². The quantitative estimate of drug-likeness (QED) is 0.381. The van der Waals surface area contributed by atoms with Crippen molar-refractivity contribution in [1.29, 1.82) is 0 Å². The molecule has 0 atom stereocenters. The highest BCUT2D eigenvalue weighted by Crippen LogP contribution is 2.10. The van der Waals surface area contributed by atoms with E-state index in [0.29, 0.717) is 0 Å². The molecule has 0 saturated carbocycles. The van der Waals surface area contributed by atoms with Crippen LogP contribution < -0.4 is 0 Å². The number of rotatable bonds is 7. The molecule has 0 N–H and O–H groups in total. The summed E-state index contributed by atoms with van der Waals surface area (Å²) < 4.78 is 0. The van der Waals surface area contributed by atoms with Gasteiger partial charge in [0.2, 0.25) is 0 Å². The van der Waals surface area contributed by atoms with Crippen LogP contribution in [0.25, 0.3) is 0 Å². The monoisotopic (exact) mass is 154 g/mol. The molecule has 0 saturated heterocycles. The molecule has 0 aromatic carbocycles. The van der Waals surface area contributed by atoms with Crippen LogP contribution >= 0.6 is 0 Å². The lowest BCUT2D eigenvalue weighted by molar-refractivity contribution is 0.521. The Hall–Kier alpha value is -0.260. The minimum absolute atomic E-state index is 0.884. The van der Waals surface area contributed by atoms with Crippen molar-refractivity contribution in [2.45, 2.75) is 52.4 Å². The SMILES string of the molecule is C=CCCCCCCC(C)C. The fourth-order valence-electron chi connectivity index (χ4n) is 1.19. The summed E-state index contributed by atoms with van der Waals surface area (Å²) >= 11 is 0. The number of hydrogen-bond acceptors (Lipinski definition) is 0. The molecule has 0 fully saturated rings. The van der Waals surface area contributed by atoms with Crippen LogP contribution in [0.3, 0.4) is 0 Å². The molecule has 0 unspecified atom stereocenters. The fourth-order valence-corrected chi connectivity index (χ4v) is 1.19. The van der Waals surface area contributed by atoms with Crippen molar-refractivity contribution in [3.63, 3.8) is 0 Å². The Morgan fingerprint density at radius 2 is 1.73 bits per heavy atom. The van der Waals surface area contributed by atoms with E-state index >= 15 is 0 Å². The third kappa shape index (κ3) is 9.74. The second-order valence-electron chi connectivity index (χ2n) is 3.67. The molecule has 0 radical (unpaired) electrons. The van der Waals surface area contributed by atoms with Crippen molar-refractivity contribution in [3.8, 4) is 0 Å². The first-order valence-corrected chi connectivity index (χ1v) is 4.88. The highest BCUT2D eigenvalue weighted by Gasteiger charge is 1.93. The van der Waals surface area contributed by atoms with E-state index in [0.717, 1.165) is 5.92 Å². The third-order valence-corrected chi connectivity index (χ3v) is 1.94. The van der Waals surface area contributed by atoms with Gasteiger partial charge in [-0.1, -0.05) is 45.6 Å². The van der Waals surface area contributed by atoms with E-state index in [2.05, 4.69) is 20.4 Å². The lowest BCUT2D eigenvalue weighted by Crippen LogP contribution is -1.86. The molecule has 0 amide bonds. The molecule has 0 aromatic heterocycles. The number of allylic oxidation sites excluding steroid dienone is 1. The molecule has 0 bridgehead atoms. The maximum atomic E-state index is 3.71. The molecule has 11 heavy (non-hydrogen) atoms. The third-order valence-electron chi connectivity index (χ3n) is 1.94. The second-order valence-corrected chi connectivity index (χ2v) is 3.67. The van der Waals surface area contributed by atoms with Crippen LogP contribution in [-0.4, -0.2) is 0 Å². The van der Waals surface area contributed by atoms with Gasteiger partial charge in [0.1, 0.15) is 0 Å². The van der Waals surface area contributed by atoms with E-state index in [1.54, 1.807) is 0 Å². The zero-order valence-electron chi connectivity index (χ0n) is 8.10. The van der Waals surface area contributed by atoms with Crippen LogP contribution in [0.5, 0.6) is 0 Å². The Morgan fingerprint density at radius 3 is 2.27 bits per heavy atom. The standard InChI is InChI=1S/C11H22/c1-4-5-6-7-8-9-10-11(2)3/h4,11H,1,5-10H2,2-3H3. The van der Waals surface area contributed by atoms with Crippen LogP contribution in [0.2, 0.25) is 0 Å². The Kier molecular flexibility index (Phi) is 7.66. The molecule has 0 aliphatic rings. The topological polar surface area (TPSA) is 0 Å². The summed E-state index contributed by atoms with van der Waals surface area (Å²) in [7, 11) is 0. The average molecular weight is 154 g/mol. The van der Waals surface area contributed by atoms with Crippen LogP contribution in [0.15, 0.2) is 12.7 Å². The molecular weight excluding hydrogens is 132 g/mol. The molecule has 0 aliphatic heterocycles. The molecule has 0 nitrogen and oxygen atoms in total. The van der Waals surface area contributed by atoms with Crippen LogP contribution in [0.1, 0.15) is 52.4 Å². The summed E-state index contributed by atoms with van der Waals surface area (Å²) in [6.45, 7) is 8.30. The molecule has 0 heteroatoms. The summed E-state index contributed by atoms with van der Waals surface area (Å²) in [5.74, 6) is 0.884. The summed E-state index contributed by atoms with van der Waals surface area (Å²) in [5.41, 5.74) is 0. The average Bonchev–Trinajstić information content (AvgIpc) is 1.96. The second kappa shape index (κ2) is 7.84. The summed E-state index contributed by atoms with van der Waals surface area (Å²) in [5, 5.41) is 0. The molecule has 0 aromatic rings. The molecule has 0 rings (SSSR count). The zero-order chi connectivity index (χ0) is 8.53. The number of unbranched alkanes of at least 4 members (excludes halogenated alkanes) is 4. The van der Waals surface area contributed by atoms with Crippen LogP contribution in [0.4, 0.5) is 0 Å². The van der Waals surface area contributed by atoms with E-state index in [4.69, 9.17) is 0 Å². The smallest absolute Gasteiger partial charge is 0.0353 e. The van der Waals surface area contributed by atoms with Crippen molar-refractivity contribution >= 4 is 0 Å². The first-order chi connectivity index (χ1) is 5.27. The lowest BCUT2D eigenvalue weighted by Gasteiger charge is -2.02. The minimum atomic E-state index is 0.884. The Bertz CT molecular complexity index is 82.0. The Morgan fingerprint density at radius 1 is 1.09 bits per heavy atom. The van der Waals surface area contributed by atoms with Gasteiger partial charge in [0.05, 0.1) is 0 Å². The Balaban J connectivity index is 2.85. The minimum Gasteiger partial charge on any atom is -0.103 e. The van der Waals surface area contributed by atoms with Crippen molar-refractivity contribution < 1.29 is 0 Å². The molecule has 0 heterocycles. The molecular formula is C11H22. The highest BCUT2D eigenvalue weighted by atomic mass is 14.0. The van der Waals surface area contributed by atoms with Crippen LogP contribution in [0, 0.1) is 5.92 Å². The fraction of sp³-hybridized carbons (Fsp3) is 0.818. The van der Waals surface area contributed by atoms with Gasteiger partial charge in [0.25, 0.3) is 0 Å². The zero-order valence-corrected chi connectivity index (χ0v) is 8.10. The summed E-state index contributed by atoms with van der Waals surface area (Å²) in [4.78, 5) is 0. The van der Waals surface area contributed by atoms with E-state index in [-0.39, 0.29) is 0 Å². The molecule has 0 aliphatic carbocycles. The van der Waals surface area contributed by atoms with Crippen molar-refractivity contribution in [2.75, 3.05) is 0 Å². The highest BCUT2D eigenvalue weighted by molar-refractivity contribution is 4.65. The first-order valence-electron chi connectivity index (χ1n) is 4.88. The van der Waals surface area contributed by atoms with Gasteiger partial charge in [0, 0.05) is 0 Å². The van der Waals surface area contributed by atoms with Gasteiger partial charge in [-0.05, 0) is 18.8 Å². The number of hydrogen-bond donors (Lipinski definition) is 0. The van der Waals surface area contributed by atoms with Gasteiger partial charge in [-0.3, -0.25) is 0 Å². The van der Waals surface area contributed by atoms with Gasteiger partial charge >= 0.3 is 0 Å². The van der Waals surface area contributed by atoms with Gasteiger partial charge in [-0.15, -0.1) is 6.58 Å². The predicted molar refractivity (Wildman–Crippen MR) is 52.7 cm³/mol. The van der Waals surface area contributed by atoms with Gasteiger partial charge in [-0.2, -0.15) is 0 Å². The molecule has 66 valence electrons. The molecule has 0 spiro atoms. The Labute approximate surface area is 71.7 Å². The largest absolute Gasteiger partial charge is 0.103 e. The summed E-state index contributed by atoms with van der Waals surface area (Å²) in [6, 6.07) is 0. The van der Waals surface area contributed by atoms with Crippen molar-refractivity contribution in [2.24, 2.45) is 5.92 Å². The van der Waals surface area contributed by atoms with E-state index in [9.17, 15) is 0 Å². The van der Waals surface area contributed by atoms with Gasteiger partial charge < -0.3 is 0 Å². The maximum Gasteiger partial charge on any atom is -0.0353 e. The van der Waals surface area contributed by atoms with Gasteiger partial charge in [0.15, 0.2) is 0 Å². The normalized spacial score (nSPS) is 10.5. The lowest BCUT2D eigenvalue weighted by atomic mass is 10.0. The predicted octanol–water partition coefficient (Wildman–Crippen LogP) is 4.17. The van der Waals surface area contributed by atoms with E-state index in [1.807, 2.05) is 6.08 Å². The maximum absolute atomic E-state index is 3.71. The van der Waals surface area contributed by atoms with Crippen molar-refractivity contribution in [1.82, 2.24) is 0 Å². The van der Waals surface area contributed by atoms with E-state index in [1.165, 1.54) is 38.5 Å². The van der Waals surface area contributed by atoms with E-state index < -0.39 is 0 Å². The van der Waals surface area contributed by atoms with Gasteiger partial charge in [-0.25, -0.2) is 0 Å². The summed E-state index contributed by atoms with van der Waals surface area (Å²) in [6.07, 6.45) is 10.2.